The van der Waals surface area contributed by atoms with Crippen molar-refractivity contribution >= 4 is 18.3 Å². The van der Waals surface area contributed by atoms with E-state index < -0.39 is 0 Å². The third kappa shape index (κ3) is 4.29. The number of nitrogens with one attached hydrogen (secondary N) is 3. The number of ether oxygens (including phenoxy) is 1. The SMILES string of the molecule is Cl.O=C(NCc1ccc(OCC2CC2)nc1)c1n[nH]c2c1CNCC2. The van der Waals surface area contributed by atoms with Gasteiger partial charge in [0.15, 0.2) is 5.69 Å². The molecule has 25 heavy (non-hydrogen) atoms. The Morgan fingerprint density at radius 2 is 2.24 bits per heavy atom. The molecule has 0 aromatic carbocycles. The Morgan fingerprint density at radius 3 is 3.00 bits per heavy atom. The van der Waals surface area contributed by atoms with Crippen LogP contribution in [0.1, 0.15) is 40.2 Å². The average Bonchev–Trinajstić information content (AvgIpc) is 3.36. The first-order valence-corrected chi connectivity index (χ1v) is 8.42. The molecule has 2 aromatic rings. The van der Waals surface area contributed by atoms with Gasteiger partial charge in [0.25, 0.3) is 5.91 Å². The predicted molar refractivity (Wildman–Crippen MR) is 94.9 cm³/mol. The minimum Gasteiger partial charge on any atom is -0.477 e. The summed E-state index contributed by atoms with van der Waals surface area (Å²) in [4.78, 5) is 16.6. The third-order valence-electron chi connectivity index (χ3n) is 4.44. The molecule has 0 saturated heterocycles. The van der Waals surface area contributed by atoms with Gasteiger partial charge in [-0.2, -0.15) is 5.10 Å². The topological polar surface area (TPSA) is 91.9 Å². The monoisotopic (exact) mass is 363 g/mol. The van der Waals surface area contributed by atoms with Crippen molar-refractivity contribution in [1.29, 1.82) is 0 Å². The van der Waals surface area contributed by atoms with Crippen LogP contribution in [0, 0.1) is 5.92 Å². The van der Waals surface area contributed by atoms with Gasteiger partial charge in [0.05, 0.1) is 6.61 Å². The van der Waals surface area contributed by atoms with Gasteiger partial charge in [-0.1, -0.05) is 6.07 Å². The molecule has 0 radical (unpaired) electrons. The number of nitrogens with zero attached hydrogens (tertiary/aromatic N) is 2. The molecule has 1 amide bonds. The van der Waals surface area contributed by atoms with Crippen molar-refractivity contribution in [2.24, 2.45) is 5.92 Å². The number of fused-ring (bicyclic) bond motifs is 1. The molecule has 3 N–H and O–H groups in total. The Hall–Kier alpha value is -2.12. The normalized spacial score (nSPS) is 15.8. The van der Waals surface area contributed by atoms with E-state index in [0.717, 1.165) is 36.4 Å². The van der Waals surface area contributed by atoms with E-state index in [9.17, 15) is 4.79 Å². The number of carbonyl (C=O) groups is 1. The number of amides is 1. The predicted octanol–water partition coefficient (Wildman–Crippen LogP) is 1.59. The molecule has 3 heterocycles. The zero-order valence-electron chi connectivity index (χ0n) is 13.9. The lowest BCUT2D eigenvalue weighted by atomic mass is 10.1. The molecule has 0 unspecified atom stereocenters. The van der Waals surface area contributed by atoms with E-state index in [4.69, 9.17) is 4.74 Å². The van der Waals surface area contributed by atoms with Crippen LogP contribution < -0.4 is 15.4 Å². The van der Waals surface area contributed by atoms with Gasteiger partial charge in [0.1, 0.15) is 0 Å². The van der Waals surface area contributed by atoms with Gasteiger partial charge in [-0.05, 0) is 24.3 Å². The van der Waals surface area contributed by atoms with E-state index in [1.165, 1.54) is 12.8 Å². The summed E-state index contributed by atoms with van der Waals surface area (Å²) < 4.78 is 5.61. The lowest BCUT2D eigenvalue weighted by Gasteiger charge is -2.12. The molecule has 4 rings (SSSR count). The number of carbonyl (C=O) groups excluding carboxylic acids is 1. The highest BCUT2D eigenvalue weighted by Gasteiger charge is 2.22. The van der Waals surface area contributed by atoms with Crippen LogP contribution in [0.5, 0.6) is 5.88 Å². The van der Waals surface area contributed by atoms with Crippen molar-refractivity contribution < 1.29 is 9.53 Å². The lowest BCUT2D eigenvalue weighted by Crippen LogP contribution is -2.28. The number of H-pyrrole nitrogens is 1. The second-order valence-electron chi connectivity index (χ2n) is 6.40. The van der Waals surface area contributed by atoms with Gasteiger partial charge in [-0.15, -0.1) is 12.4 Å². The Morgan fingerprint density at radius 1 is 1.36 bits per heavy atom. The largest absolute Gasteiger partial charge is 0.477 e. The Kier molecular flexibility index (Phi) is 5.55. The molecule has 0 bridgehead atoms. The summed E-state index contributed by atoms with van der Waals surface area (Å²) in [6.45, 7) is 2.77. The summed E-state index contributed by atoms with van der Waals surface area (Å²) in [6.07, 6.45) is 5.14. The number of halogens is 1. The van der Waals surface area contributed by atoms with E-state index in [0.29, 0.717) is 30.6 Å². The maximum Gasteiger partial charge on any atom is 0.272 e. The average molecular weight is 364 g/mol. The highest BCUT2D eigenvalue weighted by Crippen LogP contribution is 2.29. The van der Waals surface area contributed by atoms with Crippen LogP contribution in [0.4, 0.5) is 0 Å². The summed E-state index contributed by atoms with van der Waals surface area (Å²) in [7, 11) is 0. The highest BCUT2D eigenvalue weighted by atomic mass is 35.5. The summed E-state index contributed by atoms with van der Waals surface area (Å²) in [5.41, 5.74) is 3.44. The maximum atomic E-state index is 12.3. The molecule has 1 fully saturated rings. The van der Waals surface area contributed by atoms with Gasteiger partial charge in [0, 0.05) is 49.6 Å². The number of aromatic amines is 1. The molecule has 1 aliphatic carbocycles. The fraction of sp³-hybridized carbons (Fsp3) is 0.471. The molecule has 2 aromatic heterocycles. The maximum absolute atomic E-state index is 12.3. The summed E-state index contributed by atoms with van der Waals surface area (Å²) in [6, 6.07) is 3.78. The van der Waals surface area contributed by atoms with Crippen LogP contribution in [0.3, 0.4) is 0 Å². The van der Waals surface area contributed by atoms with Crippen LogP contribution in [0.25, 0.3) is 0 Å². The van der Waals surface area contributed by atoms with Gasteiger partial charge >= 0.3 is 0 Å². The molecule has 8 heteroatoms. The fourth-order valence-electron chi connectivity index (χ4n) is 2.77. The zero-order valence-corrected chi connectivity index (χ0v) is 14.7. The van der Waals surface area contributed by atoms with Crippen molar-refractivity contribution in [3.8, 4) is 5.88 Å². The van der Waals surface area contributed by atoms with E-state index in [-0.39, 0.29) is 18.3 Å². The van der Waals surface area contributed by atoms with Crippen LogP contribution in [-0.4, -0.2) is 34.2 Å². The minimum atomic E-state index is -0.162. The van der Waals surface area contributed by atoms with E-state index in [2.05, 4.69) is 25.8 Å². The van der Waals surface area contributed by atoms with Crippen molar-refractivity contribution in [3.63, 3.8) is 0 Å². The smallest absolute Gasteiger partial charge is 0.272 e. The zero-order chi connectivity index (χ0) is 16.4. The van der Waals surface area contributed by atoms with Gasteiger partial charge in [-0.3, -0.25) is 9.89 Å². The molecule has 2 aliphatic rings. The molecular weight excluding hydrogens is 342 g/mol. The minimum absolute atomic E-state index is 0. The Bertz CT molecular complexity index is 727. The molecule has 1 aliphatic heterocycles. The van der Waals surface area contributed by atoms with E-state index >= 15 is 0 Å². The summed E-state index contributed by atoms with van der Waals surface area (Å²) in [5, 5.41) is 13.3. The first kappa shape index (κ1) is 17.7. The van der Waals surface area contributed by atoms with Gasteiger partial charge < -0.3 is 15.4 Å². The molecule has 1 saturated carbocycles. The number of hydrogen-bond acceptors (Lipinski definition) is 5. The van der Waals surface area contributed by atoms with Crippen molar-refractivity contribution in [3.05, 3.63) is 40.8 Å². The molecule has 0 atom stereocenters. The summed E-state index contributed by atoms with van der Waals surface area (Å²) >= 11 is 0. The summed E-state index contributed by atoms with van der Waals surface area (Å²) in [5.74, 6) is 1.19. The lowest BCUT2D eigenvalue weighted by molar-refractivity contribution is 0.0944. The second kappa shape index (κ2) is 7.84. The van der Waals surface area contributed by atoms with Gasteiger partial charge in [-0.25, -0.2) is 4.98 Å². The molecule has 134 valence electrons. The number of rotatable bonds is 6. The first-order chi connectivity index (χ1) is 11.8. The Balaban J connectivity index is 0.00000182. The van der Waals surface area contributed by atoms with Crippen LogP contribution >= 0.6 is 12.4 Å². The van der Waals surface area contributed by atoms with Crippen molar-refractivity contribution in [2.75, 3.05) is 13.2 Å². The standard InChI is InChI=1S/C17H21N5O2.ClH/c23-17(16-13-9-18-6-5-14(13)21-22-16)20-8-12-3-4-15(19-7-12)24-10-11-1-2-11;/h3-4,7,11,18H,1-2,5-6,8-10H2,(H,20,23)(H,21,22);1H. The number of aromatic nitrogens is 3. The third-order valence-corrected chi connectivity index (χ3v) is 4.44. The highest BCUT2D eigenvalue weighted by molar-refractivity contribution is 5.94. The van der Waals surface area contributed by atoms with Crippen molar-refractivity contribution in [1.82, 2.24) is 25.8 Å². The molecular formula is C17H22ClN5O2. The van der Waals surface area contributed by atoms with Crippen LogP contribution in [0.15, 0.2) is 18.3 Å². The van der Waals surface area contributed by atoms with E-state index in [1.54, 1.807) is 6.20 Å². The van der Waals surface area contributed by atoms with Crippen LogP contribution in [0.2, 0.25) is 0 Å². The number of hydrogen-bond donors (Lipinski definition) is 3. The van der Waals surface area contributed by atoms with Crippen molar-refractivity contribution in [2.45, 2.75) is 32.4 Å². The fourth-order valence-corrected chi connectivity index (χ4v) is 2.77. The first-order valence-electron chi connectivity index (χ1n) is 8.42. The van der Waals surface area contributed by atoms with Crippen LogP contribution in [-0.2, 0) is 19.5 Å². The van der Waals surface area contributed by atoms with E-state index in [1.807, 2.05) is 12.1 Å². The molecule has 0 spiro atoms. The number of pyridine rings is 1. The Labute approximate surface area is 152 Å². The second-order valence-corrected chi connectivity index (χ2v) is 6.40. The quantitative estimate of drug-likeness (QED) is 0.725. The van der Waals surface area contributed by atoms with Gasteiger partial charge in [0.2, 0.25) is 5.88 Å². The molecule has 7 nitrogen and oxygen atoms in total.